The van der Waals surface area contributed by atoms with Gasteiger partial charge in [-0.2, -0.15) is 0 Å². The number of aromatic nitrogens is 3. The zero-order valence-electron chi connectivity index (χ0n) is 20.4. The first kappa shape index (κ1) is 25.8. The summed E-state index contributed by atoms with van der Waals surface area (Å²) in [5.74, 6) is 1.57. The summed E-state index contributed by atoms with van der Waals surface area (Å²) in [5.41, 5.74) is 3.86. The van der Waals surface area contributed by atoms with E-state index >= 15 is 0 Å². The normalized spacial score (nSPS) is 10.9. The third kappa shape index (κ3) is 7.10. The third-order valence-corrected chi connectivity index (χ3v) is 6.32. The zero-order valence-corrected chi connectivity index (χ0v) is 21.2. The van der Waals surface area contributed by atoms with Crippen LogP contribution in [0.4, 0.5) is 5.69 Å². The van der Waals surface area contributed by atoms with Gasteiger partial charge in [0.05, 0.1) is 26.5 Å². The summed E-state index contributed by atoms with van der Waals surface area (Å²) in [6, 6.07) is 11.2. The van der Waals surface area contributed by atoms with Gasteiger partial charge >= 0.3 is 0 Å². The topological polar surface area (TPSA) is 107 Å². The summed E-state index contributed by atoms with van der Waals surface area (Å²) >= 11 is 1.28. The molecule has 2 amide bonds. The highest BCUT2D eigenvalue weighted by molar-refractivity contribution is 7.99. The van der Waals surface area contributed by atoms with Gasteiger partial charge in [-0.05, 0) is 60.9 Å². The molecule has 0 fully saturated rings. The fourth-order valence-electron chi connectivity index (χ4n) is 3.12. The molecule has 3 aromatic rings. The molecule has 0 saturated heterocycles. The molecule has 1 heterocycles. The maximum Gasteiger partial charge on any atom is 0.244 e. The van der Waals surface area contributed by atoms with E-state index in [9.17, 15) is 9.59 Å². The number of amides is 2. The number of anilines is 1. The van der Waals surface area contributed by atoms with Gasteiger partial charge in [-0.3, -0.25) is 9.59 Å². The Morgan fingerprint density at radius 1 is 1.03 bits per heavy atom. The van der Waals surface area contributed by atoms with Gasteiger partial charge in [0.25, 0.3) is 0 Å². The first-order valence-corrected chi connectivity index (χ1v) is 11.9. The summed E-state index contributed by atoms with van der Waals surface area (Å²) in [6.45, 7) is 4.24. The van der Waals surface area contributed by atoms with Crippen LogP contribution >= 0.6 is 11.8 Å². The molecular weight excluding hydrogens is 466 g/mol. The molecule has 1 aromatic heterocycles. The predicted octanol–water partition coefficient (Wildman–Crippen LogP) is 3.51. The number of benzene rings is 2. The lowest BCUT2D eigenvalue weighted by atomic mass is 10.1. The largest absolute Gasteiger partial charge is 0.493 e. The van der Waals surface area contributed by atoms with Gasteiger partial charge in [0.1, 0.15) is 0 Å². The lowest BCUT2D eigenvalue weighted by Crippen LogP contribution is -2.22. The highest BCUT2D eigenvalue weighted by atomic mass is 32.2. The number of ether oxygens (including phenoxy) is 2. The molecule has 0 atom stereocenters. The van der Waals surface area contributed by atoms with Crippen LogP contribution in [0.3, 0.4) is 0 Å². The molecule has 0 radical (unpaired) electrons. The molecule has 3 rings (SSSR count). The Kier molecular flexibility index (Phi) is 8.91. The molecule has 0 bridgehead atoms. The number of nitrogens with zero attached hydrogens (tertiary/aromatic N) is 3. The Morgan fingerprint density at radius 3 is 2.51 bits per heavy atom. The van der Waals surface area contributed by atoms with Crippen LogP contribution < -0.4 is 20.1 Å². The van der Waals surface area contributed by atoms with Crippen molar-refractivity contribution in [3.63, 3.8) is 0 Å². The van der Waals surface area contributed by atoms with Crippen molar-refractivity contribution in [1.82, 2.24) is 20.1 Å². The summed E-state index contributed by atoms with van der Waals surface area (Å²) in [4.78, 5) is 24.6. The van der Waals surface area contributed by atoms with Gasteiger partial charge in [-0.15, -0.1) is 10.2 Å². The van der Waals surface area contributed by atoms with Crippen molar-refractivity contribution >= 4 is 35.3 Å². The number of carbonyl (C=O) groups is 2. The van der Waals surface area contributed by atoms with E-state index in [1.54, 1.807) is 44.0 Å². The van der Waals surface area contributed by atoms with Gasteiger partial charge in [-0.25, -0.2) is 0 Å². The smallest absolute Gasteiger partial charge is 0.244 e. The number of hydrogen-bond acceptors (Lipinski definition) is 7. The Balaban J connectivity index is 1.49. The number of carbonyl (C=O) groups excluding carboxylic acids is 2. The monoisotopic (exact) mass is 495 g/mol. The van der Waals surface area contributed by atoms with Crippen LogP contribution in [0.1, 0.15) is 22.5 Å². The van der Waals surface area contributed by atoms with Crippen molar-refractivity contribution in [3.8, 4) is 11.5 Å². The van der Waals surface area contributed by atoms with E-state index in [1.165, 1.54) is 23.4 Å². The van der Waals surface area contributed by atoms with E-state index in [-0.39, 0.29) is 24.1 Å². The Hall–Kier alpha value is -3.79. The molecule has 0 unspecified atom stereocenters. The SMILES string of the molecule is COc1ccc(/C=C/C(=O)NCc2nnc(SCC(=O)Nc3ccc(C)c(C)c3)n2C)cc1OC. The number of aryl methyl sites for hydroxylation is 2. The fourth-order valence-corrected chi connectivity index (χ4v) is 3.85. The van der Waals surface area contributed by atoms with Crippen LogP contribution in [-0.2, 0) is 23.2 Å². The lowest BCUT2D eigenvalue weighted by molar-refractivity contribution is -0.116. The maximum atomic E-state index is 12.3. The fraction of sp³-hybridized carbons (Fsp3) is 0.280. The van der Waals surface area contributed by atoms with E-state index in [0.717, 1.165) is 16.8 Å². The van der Waals surface area contributed by atoms with E-state index < -0.39 is 0 Å². The molecule has 0 saturated carbocycles. The van der Waals surface area contributed by atoms with Gasteiger partial charge in [0.15, 0.2) is 22.5 Å². The molecule has 184 valence electrons. The quantitative estimate of drug-likeness (QED) is 0.327. The van der Waals surface area contributed by atoms with Gasteiger partial charge < -0.3 is 24.7 Å². The lowest BCUT2D eigenvalue weighted by Gasteiger charge is -2.08. The minimum Gasteiger partial charge on any atom is -0.493 e. The van der Waals surface area contributed by atoms with Gasteiger partial charge in [0, 0.05) is 18.8 Å². The standard InChI is InChI=1S/C25H29N5O4S/c1-16-6-9-19(12-17(16)2)27-24(32)15-35-25-29-28-22(30(25)3)14-26-23(31)11-8-18-7-10-20(33-4)21(13-18)34-5/h6-13H,14-15H2,1-5H3,(H,26,31)(H,27,32)/b11-8+. The predicted molar refractivity (Wildman–Crippen MR) is 137 cm³/mol. The minimum absolute atomic E-state index is 0.128. The Labute approximate surface area is 208 Å². The average molecular weight is 496 g/mol. The molecule has 2 aromatic carbocycles. The second kappa shape index (κ2) is 12.1. The number of hydrogen-bond donors (Lipinski definition) is 2. The van der Waals surface area contributed by atoms with Crippen molar-refractivity contribution in [3.05, 3.63) is 65.0 Å². The molecule has 10 heteroatoms. The highest BCUT2D eigenvalue weighted by Gasteiger charge is 2.12. The minimum atomic E-state index is -0.273. The van der Waals surface area contributed by atoms with Crippen molar-refractivity contribution in [2.45, 2.75) is 25.5 Å². The zero-order chi connectivity index (χ0) is 25.4. The molecule has 35 heavy (non-hydrogen) atoms. The molecular formula is C25H29N5O4S. The summed E-state index contributed by atoms with van der Waals surface area (Å²) in [5, 5.41) is 14.5. The summed E-state index contributed by atoms with van der Waals surface area (Å²) < 4.78 is 12.2. The number of rotatable bonds is 10. The molecule has 0 aliphatic carbocycles. The molecule has 2 N–H and O–H groups in total. The molecule has 9 nitrogen and oxygen atoms in total. The summed E-state index contributed by atoms with van der Waals surface area (Å²) in [6.07, 6.45) is 3.12. The first-order valence-electron chi connectivity index (χ1n) is 10.9. The van der Waals surface area contributed by atoms with Crippen LogP contribution in [-0.4, -0.2) is 46.6 Å². The van der Waals surface area contributed by atoms with Gasteiger partial charge in [-0.1, -0.05) is 23.9 Å². The van der Waals surface area contributed by atoms with Crippen molar-refractivity contribution in [1.29, 1.82) is 0 Å². The Bertz CT molecular complexity index is 1240. The second-order valence-electron chi connectivity index (χ2n) is 7.76. The molecule has 0 aliphatic rings. The number of nitrogens with one attached hydrogen (secondary N) is 2. The second-order valence-corrected chi connectivity index (χ2v) is 8.70. The average Bonchev–Trinajstić information content (AvgIpc) is 3.21. The highest BCUT2D eigenvalue weighted by Crippen LogP contribution is 2.28. The van der Waals surface area contributed by atoms with E-state index in [0.29, 0.717) is 22.5 Å². The van der Waals surface area contributed by atoms with Crippen LogP contribution in [0.2, 0.25) is 0 Å². The van der Waals surface area contributed by atoms with E-state index in [1.807, 2.05) is 38.1 Å². The van der Waals surface area contributed by atoms with Gasteiger partial charge in [0.2, 0.25) is 11.8 Å². The van der Waals surface area contributed by atoms with Crippen LogP contribution in [0, 0.1) is 13.8 Å². The number of methoxy groups -OCH3 is 2. The van der Waals surface area contributed by atoms with Crippen LogP contribution in [0.15, 0.2) is 47.6 Å². The third-order valence-electron chi connectivity index (χ3n) is 5.30. The Morgan fingerprint density at radius 2 is 1.80 bits per heavy atom. The van der Waals surface area contributed by atoms with E-state index in [4.69, 9.17) is 9.47 Å². The molecule has 0 spiro atoms. The summed E-state index contributed by atoms with van der Waals surface area (Å²) in [7, 11) is 4.92. The maximum absolute atomic E-state index is 12.3. The number of thioether (sulfide) groups is 1. The van der Waals surface area contributed by atoms with Crippen LogP contribution in [0.5, 0.6) is 11.5 Å². The van der Waals surface area contributed by atoms with Crippen molar-refractivity contribution in [2.24, 2.45) is 7.05 Å². The van der Waals surface area contributed by atoms with Crippen molar-refractivity contribution in [2.75, 3.05) is 25.3 Å². The first-order chi connectivity index (χ1) is 16.8. The van der Waals surface area contributed by atoms with E-state index in [2.05, 4.69) is 20.8 Å². The van der Waals surface area contributed by atoms with Crippen LogP contribution in [0.25, 0.3) is 6.08 Å². The van der Waals surface area contributed by atoms with Crippen molar-refractivity contribution < 1.29 is 19.1 Å². The molecule has 0 aliphatic heterocycles.